The van der Waals surface area contributed by atoms with Crippen LogP contribution in [0.1, 0.15) is 35.6 Å². The summed E-state index contributed by atoms with van der Waals surface area (Å²) in [7, 11) is 0. The molecule has 142 valence electrons. The van der Waals surface area contributed by atoms with Gasteiger partial charge in [-0.3, -0.25) is 4.98 Å². The van der Waals surface area contributed by atoms with E-state index in [1.165, 1.54) is 12.4 Å². The van der Waals surface area contributed by atoms with Crippen LogP contribution in [0.4, 0.5) is 5.82 Å². The number of carbonyl (C=O) groups is 1. The van der Waals surface area contributed by atoms with Crippen molar-refractivity contribution in [1.82, 2.24) is 30.1 Å². The van der Waals surface area contributed by atoms with Crippen molar-refractivity contribution in [2.75, 3.05) is 18.0 Å². The molecule has 3 aromatic heterocycles. The molecule has 4 heterocycles. The van der Waals surface area contributed by atoms with Gasteiger partial charge in [0.1, 0.15) is 11.5 Å². The number of aromatic nitrogens is 6. The van der Waals surface area contributed by atoms with Crippen LogP contribution in [0, 0.1) is 5.92 Å². The molecule has 2 aliphatic rings. The van der Waals surface area contributed by atoms with Gasteiger partial charge in [-0.25, -0.2) is 19.7 Å². The molecule has 1 aliphatic heterocycles. The quantitative estimate of drug-likeness (QED) is 0.712. The van der Waals surface area contributed by atoms with E-state index in [0.29, 0.717) is 35.7 Å². The molecule has 1 saturated heterocycles. The third kappa shape index (κ3) is 2.60. The van der Waals surface area contributed by atoms with Crippen molar-refractivity contribution < 1.29 is 14.4 Å². The number of rotatable bonds is 4. The van der Waals surface area contributed by atoms with Crippen LogP contribution in [0.25, 0.3) is 11.5 Å². The average molecular weight is 379 g/mol. The minimum atomic E-state index is -1.09. The zero-order valence-electron chi connectivity index (χ0n) is 14.9. The third-order valence-corrected chi connectivity index (χ3v) is 5.70. The summed E-state index contributed by atoms with van der Waals surface area (Å²) in [5.41, 5.74) is 0.275. The van der Waals surface area contributed by atoms with Gasteiger partial charge in [-0.1, -0.05) is 11.6 Å². The Morgan fingerprint density at radius 3 is 2.89 bits per heavy atom. The number of hydrogen-bond acceptors (Lipinski definition) is 9. The van der Waals surface area contributed by atoms with Gasteiger partial charge in [-0.15, -0.1) is 0 Å². The van der Waals surface area contributed by atoms with Crippen molar-refractivity contribution in [2.24, 2.45) is 5.92 Å². The normalized spacial score (nSPS) is 23.7. The maximum Gasteiger partial charge on any atom is 0.356 e. The van der Waals surface area contributed by atoms with Gasteiger partial charge in [-0.2, -0.15) is 4.98 Å². The van der Waals surface area contributed by atoms with Gasteiger partial charge in [-0.05, 0) is 18.8 Å². The Morgan fingerprint density at radius 1 is 1.21 bits per heavy atom. The van der Waals surface area contributed by atoms with E-state index in [1.54, 1.807) is 18.6 Å². The zero-order valence-corrected chi connectivity index (χ0v) is 14.9. The van der Waals surface area contributed by atoms with Crippen LogP contribution in [0.5, 0.6) is 0 Å². The van der Waals surface area contributed by atoms with Crippen LogP contribution in [0.15, 0.2) is 35.5 Å². The van der Waals surface area contributed by atoms with Crippen molar-refractivity contribution in [3.05, 3.63) is 42.6 Å². The lowest BCUT2D eigenvalue weighted by Crippen LogP contribution is -2.32. The molecule has 5 rings (SSSR count). The number of aromatic carboxylic acids is 1. The number of anilines is 1. The standard InChI is InChI=1S/C18H17N7O3/c26-16(27)13-7-22-14(8-21-13)25-9-11-2-1-3-18(11,10-25)17-23-15(24-28-17)12-6-19-4-5-20-12/h4-8,11H,1-3,9-10H2,(H,26,27)/t11-,18-/m1/s1. The fourth-order valence-electron chi connectivity index (χ4n) is 4.35. The largest absolute Gasteiger partial charge is 0.476 e. The monoisotopic (exact) mass is 379 g/mol. The van der Waals surface area contributed by atoms with Gasteiger partial charge < -0.3 is 14.5 Å². The maximum atomic E-state index is 11.0. The molecule has 0 amide bonds. The third-order valence-electron chi connectivity index (χ3n) is 5.70. The van der Waals surface area contributed by atoms with E-state index in [1.807, 2.05) is 0 Å². The molecule has 28 heavy (non-hydrogen) atoms. The summed E-state index contributed by atoms with van der Waals surface area (Å²) in [6, 6.07) is 0. The van der Waals surface area contributed by atoms with Crippen LogP contribution in [-0.4, -0.2) is 54.2 Å². The first kappa shape index (κ1) is 16.7. The van der Waals surface area contributed by atoms with E-state index in [0.717, 1.165) is 25.8 Å². The average Bonchev–Trinajstić information content (AvgIpc) is 3.43. The van der Waals surface area contributed by atoms with E-state index < -0.39 is 5.97 Å². The van der Waals surface area contributed by atoms with Crippen LogP contribution >= 0.6 is 0 Å². The van der Waals surface area contributed by atoms with E-state index in [2.05, 4.69) is 35.0 Å². The van der Waals surface area contributed by atoms with E-state index in [-0.39, 0.29) is 11.1 Å². The van der Waals surface area contributed by atoms with Gasteiger partial charge in [0.25, 0.3) is 0 Å². The molecule has 2 atom stereocenters. The molecule has 0 aromatic carbocycles. The van der Waals surface area contributed by atoms with Gasteiger partial charge in [0.05, 0.1) is 24.0 Å². The highest BCUT2D eigenvalue weighted by Crippen LogP contribution is 2.50. The maximum absolute atomic E-state index is 11.0. The highest BCUT2D eigenvalue weighted by molar-refractivity contribution is 5.84. The molecule has 0 spiro atoms. The summed E-state index contributed by atoms with van der Waals surface area (Å²) in [6.45, 7) is 1.48. The molecular formula is C18H17N7O3. The van der Waals surface area contributed by atoms with Crippen LogP contribution < -0.4 is 4.90 Å². The fraction of sp³-hybridized carbons (Fsp3) is 0.389. The first-order valence-corrected chi connectivity index (χ1v) is 9.06. The number of carboxylic acids is 1. The lowest BCUT2D eigenvalue weighted by atomic mass is 9.80. The summed E-state index contributed by atoms with van der Waals surface area (Å²) < 4.78 is 5.67. The predicted octanol–water partition coefficient (Wildman–Crippen LogP) is 1.57. The number of carboxylic acid groups (broad SMARTS) is 1. The van der Waals surface area contributed by atoms with Gasteiger partial charge in [0.2, 0.25) is 11.7 Å². The van der Waals surface area contributed by atoms with Crippen molar-refractivity contribution in [1.29, 1.82) is 0 Å². The molecule has 10 heteroatoms. The van der Waals surface area contributed by atoms with Crippen molar-refractivity contribution >= 4 is 11.8 Å². The van der Waals surface area contributed by atoms with Gasteiger partial charge in [0.15, 0.2) is 5.69 Å². The second kappa shape index (κ2) is 6.32. The van der Waals surface area contributed by atoms with Gasteiger partial charge >= 0.3 is 5.97 Å². The minimum Gasteiger partial charge on any atom is -0.476 e. The molecule has 0 bridgehead atoms. The molecule has 2 fully saturated rings. The Bertz CT molecular complexity index is 1010. The van der Waals surface area contributed by atoms with E-state index >= 15 is 0 Å². The second-order valence-electron chi connectivity index (χ2n) is 7.20. The highest BCUT2D eigenvalue weighted by atomic mass is 16.5. The SMILES string of the molecule is O=C(O)c1cnc(N2C[C@H]3CCC[C@@]3(c3nc(-c4cnccn4)no3)C2)cn1. The Morgan fingerprint density at radius 2 is 2.14 bits per heavy atom. The topological polar surface area (TPSA) is 131 Å². The van der Waals surface area contributed by atoms with Gasteiger partial charge in [0, 0.05) is 25.5 Å². The Kier molecular flexibility index (Phi) is 3.78. The lowest BCUT2D eigenvalue weighted by molar-refractivity contribution is 0.0690. The lowest BCUT2D eigenvalue weighted by Gasteiger charge is -2.24. The molecule has 0 unspecified atom stereocenters. The summed E-state index contributed by atoms with van der Waals surface area (Å²) in [5, 5.41) is 13.1. The first-order valence-electron chi connectivity index (χ1n) is 9.06. The number of nitrogens with zero attached hydrogens (tertiary/aromatic N) is 7. The van der Waals surface area contributed by atoms with Crippen LogP contribution in [0.2, 0.25) is 0 Å². The summed E-state index contributed by atoms with van der Waals surface area (Å²) in [6.07, 6.45) is 10.7. The first-order chi connectivity index (χ1) is 13.7. The molecule has 1 N–H and O–H groups in total. The number of hydrogen-bond donors (Lipinski definition) is 1. The summed E-state index contributed by atoms with van der Waals surface area (Å²) >= 11 is 0. The Labute approximate surface area is 159 Å². The molecular weight excluding hydrogens is 362 g/mol. The molecule has 1 aliphatic carbocycles. The van der Waals surface area contributed by atoms with Crippen molar-refractivity contribution in [3.63, 3.8) is 0 Å². The van der Waals surface area contributed by atoms with Crippen molar-refractivity contribution in [2.45, 2.75) is 24.7 Å². The smallest absolute Gasteiger partial charge is 0.356 e. The highest BCUT2D eigenvalue weighted by Gasteiger charge is 2.54. The predicted molar refractivity (Wildman–Crippen MR) is 95.5 cm³/mol. The minimum absolute atomic E-state index is 0.0663. The summed E-state index contributed by atoms with van der Waals surface area (Å²) in [5.74, 6) is 0.993. The Hall–Kier alpha value is -3.43. The van der Waals surface area contributed by atoms with Crippen molar-refractivity contribution in [3.8, 4) is 11.5 Å². The van der Waals surface area contributed by atoms with E-state index in [9.17, 15) is 4.79 Å². The molecule has 10 nitrogen and oxygen atoms in total. The van der Waals surface area contributed by atoms with Crippen LogP contribution in [0.3, 0.4) is 0 Å². The Balaban J connectivity index is 1.44. The molecule has 1 saturated carbocycles. The van der Waals surface area contributed by atoms with Crippen LogP contribution in [-0.2, 0) is 5.41 Å². The zero-order chi connectivity index (χ0) is 19.1. The fourth-order valence-corrected chi connectivity index (χ4v) is 4.35. The number of fused-ring (bicyclic) bond motifs is 1. The molecule has 3 aromatic rings. The van der Waals surface area contributed by atoms with E-state index in [4.69, 9.17) is 9.63 Å². The molecule has 0 radical (unpaired) electrons. The summed E-state index contributed by atoms with van der Waals surface area (Å²) in [4.78, 5) is 34.3. The second-order valence-corrected chi connectivity index (χ2v) is 7.20.